The van der Waals surface area contributed by atoms with Gasteiger partial charge in [0.2, 0.25) is 0 Å². The summed E-state index contributed by atoms with van der Waals surface area (Å²) in [6.45, 7) is 1.47. The van der Waals surface area contributed by atoms with Crippen LogP contribution in [0, 0.1) is 0 Å². The third-order valence-corrected chi connectivity index (χ3v) is 2.14. The maximum atomic E-state index is 11.2. The number of rotatable bonds is 3. The quantitative estimate of drug-likeness (QED) is 0.403. The van der Waals surface area contributed by atoms with Crippen molar-refractivity contribution in [3.05, 3.63) is 46.7 Å². The average Bonchev–Trinajstić information content (AvgIpc) is 2.26. The Morgan fingerprint density at radius 3 is 2.44 bits per heavy atom. The van der Waals surface area contributed by atoms with Crippen molar-refractivity contribution in [2.24, 2.45) is 0 Å². The van der Waals surface area contributed by atoms with Crippen molar-refractivity contribution in [2.75, 3.05) is 0 Å². The van der Waals surface area contributed by atoms with E-state index in [1.54, 1.807) is 0 Å². The van der Waals surface area contributed by atoms with Gasteiger partial charge in [0.05, 0.1) is 0 Å². The summed E-state index contributed by atoms with van der Waals surface area (Å²) in [4.78, 5) is 11.2. The van der Waals surface area contributed by atoms with E-state index >= 15 is 0 Å². The molecule has 0 saturated carbocycles. The van der Waals surface area contributed by atoms with Crippen molar-refractivity contribution in [3.8, 4) is 0 Å². The molecule has 0 atom stereocenters. The number of esters is 1. The zero-order chi connectivity index (χ0) is 11.3. The number of carbonyl (C=O) groups excluding carboxylic acids is 1. The molecule has 0 fully saturated rings. The van der Waals surface area contributed by atoms with E-state index in [4.69, 9.17) is 21.4 Å². The Hall–Kier alpha value is -0.961. The standard InChI is InChI=1S/C11H11ClO3.Cu/c1-8(13)10(12)11(14)15-7-9-5-3-2-4-6-9;/h2-6,13H,7H2,1H3;/b10-8+;. The zero-order valence-electron chi connectivity index (χ0n) is 8.54. The normalized spacial score (nSPS) is 11.1. The fourth-order valence-corrected chi connectivity index (χ4v) is 0.989. The van der Waals surface area contributed by atoms with E-state index in [9.17, 15) is 4.79 Å². The number of ether oxygens (including phenoxy) is 1. The van der Waals surface area contributed by atoms with Crippen molar-refractivity contribution in [1.82, 2.24) is 0 Å². The minimum atomic E-state index is -0.722. The van der Waals surface area contributed by atoms with Crippen LogP contribution in [-0.2, 0) is 33.2 Å². The molecule has 0 bridgehead atoms. The van der Waals surface area contributed by atoms with E-state index in [2.05, 4.69) is 0 Å². The van der Waals surface area contributed by atoms with Crippen molar-refractivity contribution >= 4 is 17.6 Å². The summed E-state index contributed by atoms with van der Waals surface area (Å²) < 4.78 is 4.86. The van der Waals surface area contributed by atoms with Crippen molar-refractivity contribution in [2.45, 2.75) is 13.5 Å². The first-order chi connectivity index (χ1) is 7.11. The van der Waals surface area contributed by atoms with Gasteiger partial charge in [0.15, 0.2) is 5.03 Å². The van der Waals surface area contributed by atoms with E-state index in [1.165, 1.54) is 6.92 Å². The van der Waals surface area contributed by atoms with Crippen LogP contribution in [0.3, 0.4) is 0 Å². The summed E-state index contributed by atoms with van der Waals surface area (Å²) in [5.74, 6) is -0.963. The van der Waals surface area contributed by atoms with Crippen LogP contribution in [0.1, 0.15) is 12.5 Å². The Morgan fingerprint density at radius 1 is 1.38 bits per heavy atom. The van der Waals surface area contributed by atoms with Gasteiger partial charge in [-0.05, 0) is 12.5 Å². The molecular weight excluding hydrogens is 279 g/mol. The first-order valence-corrected chi connectivity index (χ1v) is 4.75. The molecule has 0 spiro atoms. The van der Waals surface area contributed by atoms with Gasteiger partial charge in [0, 0.05) is 17.1 Å². The smallest absolute Gasteiger partial charge is 0.353 e. The Morgan fingerprint density at radius 2 is 1.94 bits per heavy atom. The van der Waals surface area contributed by atoms with Crippen LogP contribution in [-0.4, -0.2) is 11.1 Å². The van der Waals surface area contributed by atoms with Crippen molar-refractivity contribution < 1.29 is 31.7 Å². The van der Waals surface area contributed by atoms with Gasteiger partial charge in [-0.15, -0.1) is 0 Å². The van der Waals surface area contributed by atoms with Gasteiger partial charge < -0.3 is 9.84 Å². The molecule has 91 valence electrons. The molecule has 1 rings (SSSR count). The van der Waals surface area contributed by atoms with Gasteiger partial charge in [-0.1, -0.05) is 41.9 Å². The van der Waals surface area contributed by atoms with Gasteiger partial charge >= 0.3 is 5.97 Å². The molecule has 0 heterocycles. The molecule has 3 nitrogen and oxygen atoms in total. The monoisotopic (exact) mass is 289 g/mol. The largest absolute Gasteiger partial charge is 0.511 e. The fourth-order valence-electron chi connectivity index (χ4n) is 0.934. The molecule has 0 aliphatic carbocycles. The summed E-state index contributed by atoms with van der Waals surface area (Å²) in [5.41, 5.74) is 0.867. The van der Waals surface area contributed by atoms with Crippen LogP contribution in [0.25, 0.3) is 0 Å². The number of halogens is 1. The minimum Gasteiger partial charge on any atom is -0.511 e. The van der Waals surface area contributed by atoms with Crippen molar-refractivity contribution in [3.63, 3.8) is 0 Å². The molecule has 0 aliphatic rings. The topological polar surface area (TPSA) is 46.5 Å². The fraction of sp³-hybridized carbons (Fsp3) is 0.182. The van der Waals surface area contributed by atoms with Crippen LogP contribution in [0.15, 0.2) is 41.1 Å². The molecular formula is C11H11ClCuO3. The third-order valence-electron chi connectivity index (χ3n) is 1.71. The van der Waals surface area contributed by atoms with Crippen LogP contribution in [0.5, 0.6) is 0 Å². The molecule has 16 heavy (non-hydrogen) atoms. The SMILES string of the molecule is C/C(O)=C(\Cl)C(=O)OCc1ccccc1.[Cu]. The summed E-state index contributed by atoms with van der Waals surface area (Å²) in [7, 11) is 0. The summed E-state index contributed by atoms with van der Waals surface area (Å²) in [6.07, 6.45) is 0. The molecule has 1 radical (unpaired) electrons. The molecule has 0 unspecified atom stereocenters. The minimum absolute atomic E-state index is 0. The molecule has 0 saturated heterocycles. The second-order valence-electron chi connectivity index (χ2n) is 2.96. The molecule has 0 aromatic heterocycles. The van der Waals surface area contributed by atoms with Gasteiger partial charge in [-0.25, -0.2) is 4.79 Å². The van der Waals surface area contributed by atoms with E-state index in [0.29, 0.717) is 0 Å². The first kappa shape index (κ1) is 15.0. The van der Waals surface area contributed by atoms with Crippen LogP contribution in [0.4, 0.5) is 0 Å². The summed E-state index contributed by atoms with van der Waals surface area (Å²) in [6, 6.07) is 9.22. The van der Waals surface area contributed by atoms with Crippen molar-refractivity contribution in [1.29, 1.82) is 0 Å². The number of aliphatic hydroxyl groups excluding tert-OH is 1. The molecule has 0 aliphatic heterocycles. The van der Waals surface area contributed by atoms with E-state index in [0.717, 1.165) is 5.56 Å². The molecule has 1 aromatic carbocycles. The van der Waals surface area contributed by atoms with Gasteiger partial charge in [-0.3, -0.25) is 0 Å². The maximum absolute atomic E-state index is 11.2. The van der Waals surface area contributed by atoms with Gasteiger partial charge in [-0.2, -0.15) is 0 Å². The second-order valence-corrected chi connectivity index (χ2v) is 3.34. The Kier molecular flexibility index (Phi) is 6.90. The van der Waals surface area contributed by atoms with Crippen LogP contribution < -0.4 is 0 Å². The number of carbonyl (C=O) groups is 1. The number of hydrogen-bond donors (Lipinski definition) is 1. The molecule has 0 amide bonds. The summed E-state index contributed by atoms with van der Waals surface area (Å²) in [5, 5.41) is 8.65. The van der Waals surface area contributed by atoms with Crippen LogP contribution in [0.2, 0.25) is 0 Å². The van der Waals surface area contributed by atoms with Crippen LogP contribution >= 0.6 is 11.6 Å². The molecule has 1 aromatic rings. The predicted octanol–water partition coefficient (Wildman–Crippen LogP) is 2.76. The Bertz CT molecular complexity index is 372. The first-order valence-electron chi connectivity index (χ1n) is 4.37. The van der Waals surface area contributed by atoms with Gasteiger partial charge in [0.25, 0.3) is 0 Å². The number of aliphatic hydroxyl groups is 1. The Balaban J connectivity index is 0.00000225. The number of benzene rings is 1. The average molecular weight is 290 g/mol. The summed E-state index contributed by atoms with van der Waals surface area (Å²) >= 11 is 5.49. The van der Waals surface area contributed by atoms with E-state index in [1.807, 2.05) is 30.3 Å². The maximum Gasteiger partial charge on any atom is 0.353 e. The van der Waals surface area contributed by atoms with Gasteiger partial charge in [0.1, 0.15) is 12.4 Å². The van der Waals surface area contributed by atoms with E-state index < -0.39 is 5.97 Å². The molecule has 5 heteroatoms. The predicted molar refractivity (Wildman–Crippen MR) is 57.4 cm³/mol. The number of allylic oxidation sites excluding steroid dienone is 1. The third kappa shape index (κ3) is 4.71. The van der Waals surface area contributed by atoms with E-state index in [-0.39, 0.29) is 34.5 Å². The Labute approximate surface area is 110 Å². The zero-order valence-corrected chi connectivity index (χ0v) is 10.2. The second kappa shape index (κ2) is 7.34. The molecule has 1 N–H and O–H groups in total. The number of hydrogen-bond acceptors (Lipinski definition) is 3.